The molecule has 39 heavy (non-hydrogen) atoms. The summed E-state index contributed by atoms with van der Waals surface area (Å²) < 4.78 is 26.0. The van der Waals surface area contributed by atoms with Gasteiger partial charge in [0.15, 0.2) is 11.6 Å². The molecule has 0 aliphatic rings. The lowest BCUT2D eigenvalue weighted by Crippen LogP contribution is -2.48. The molecule has 0 bridgehead atoms. The molecule has 0 saturated carbocycles. The van der Waals surface area contributed by atoms with E-state index in [1.165, 1.54) is 23.4 Å². The minimum Gasteiger partial charge on any atom is -0.444 e. The number of alkyl carbamates (subject to hydrolysis) is 1. The fourth-order valence-corrected chi connectivity index (χ4v) is 3.47. The number of aromatic nitrogens is 5. The highest BCUT2D eigenvalue weighted by Gasteiger charge is 2.25. The van der Waals surface area contributed by atoms with E-state index in [-0.39, 0.29) is 23.8 Å². The molecular weight excluding hydrogens is 509 g/mol. The Bertz CT molecular complexity index is 1300. The Hall–Kier alpha value is -4.33. The summed E-state index contributed by atoms with van der Waals surface area (Å²) in [5, 5.41) is 16.9. The summed E-state index contributed by atoms with van der Waals surface area (Å²) in [7, 11) is 0. The number of rotatable bonds is 11. The number of anilines is 3. The third kappa shape index (κ3) is 8.07. The van der Waals surface area contributed by atoms with Gasteiger partial charge in [-0.15, -0.1) is 4.80 Å². The third-order valence-corrected chi connectivity index (χ3v) is 5.37. The number of halogens is 1. The van der Waals surface area contributed by atoms with Crippen LogP contribution < -0.4 is 21.7 Å². The van der Waals surface area contributed by atoms with Crippen LogP contribution in [0.2, 0.25) is 0 Å². The average Bonchev–Trinajstić information content (AvgIpc) is 3.37. The Balaban J connectivity index is 1.90. The largest absolute Gasteiger partial charge is 0.444 e. The molecule has 210 valence electrons. The van der Waals surface area contributed by atoms with Crippen molar-refractivity contribution in [3.8, 4) is 5.69 Å². The number of amides is 2. The molecule has 13 nitrogen and oxygen atoms in total. The summed E-state index contributed by atoms with van der Waals surface area (Å²) in [6.45, 7) is 11.1. The highest BCUT2D eigenvalue weighted by Crippen LogP contribution is 2.26. The minimum atomic E-state index is -0.879. The SMILES string of the molecule is CCOC[C@@H](Nc1nc(Nc2cnc(C)c(-n3nccn3)c2)c(C(N)=O)cc1F)[C@H](C)NC(=O)OC(C)(C)C. The quantitative estimate of drug-likeness (QED) is 0.282. The molecule has 5 N–H and O–H groups in total. The summed E-state index contributed by atoms with van der Waals surface area (Å²) >= 11 is 0. The average molecular weight is 544 g/mol. The maximum Gasteiger partial charge on any atom is 0.407 e. The Kier molecular flexibility index (Phi) is 9.35. The van der Waals surface area contributed by atoms with E-state index in [9.17, 15) is 9.59 Å². The molecule has 2 amide bonds. The Morgan fingerprint density at radius 2 is 1.87 bits per heavy atom. The third-order valence-electron chi connectivity index (χ3n) is 5.37. The molecule has 3 aromatic heterocycles. The van der Waals surface area contributed by atoms with Crippen LogP contribution >= 0.6 is 0 Å². The first-order chi connectivity index (χ1) is 18.4. The first kappa shape index (κ1) is 29.2. The summed E-state index contributed by atoms with van der Waals surface area (Å²) in [4.78, 5) is 34.5. The zero-order valence-electron chi connectivity index (χ0n) is 22.8. The van der Waals surface area contributed by atoms with Crippen LogP contribution in [0.1, 0.15) is 50.7 Å². The summed E-state index contributed by atoms with van der Waals surface area (Å²) in [5.74, 6) is -1.88. The number of pyridine rings is 2. The molecule has 2 atom stereocenters. The topological polar surface area (TPSA) is 171 Å². The van der Waals surface area contributed by atoms with Crippen molar-refractivity contribution >= 4 is 29.3 Å². The van der Waals surface area contributed by atoms with Gasteiger partial charge in [0.2, 0.25) is 0 Å². The van der Waals surface area contributed by atoms with Crippen LogP contribution in [0, 0.1) is 12.7 Å². The van der Waals surface area contributed by atoms with Crippen molar-refractivity contribution in [3.05, 3.63) is 47.8 Å². The van der Waals surface area contributed by atoms with Crippen LogP contribution in [0.5, 0.6) is 0 Å². The zero-order chi connectivity index (χ0) is 28.7. The number of ether oxygens (including phenoxy) is 2. The van der Waals surface area contributed by atoms with Crippen molar-refractivity contribution < 1.29 is 23.5 Å². The number of primary amides is 1. The minimum absolute atomic E-state index is 0.000609. The number of hydrogen-bond acceptors (Lipinski definition) is 10. The molecular formula is C25H34FN9O4. The van der Waals surface area contributed by atoms with Crippen molar-refractivity contribution in [1.29, 1.82) is 0 Å². The Morgan fingerprint density at radius 1 is 1.18 bits per heavy atom. The standard InChI is InChI=1S/C25H34FN9O4/c1-7-38-13-19(14(2)31-24(37)39-25(4,5)6)33-23-18(26)11-17(21(27)36)22(34-23)32-16-10-20(15(3)28-12-16)35-29-8-9-30-35/h8-12,14,19H,7,13H2,1-6H3,(H2,27,36)(H,31,37)(H2,32,33,34)/t14-,19+/m0/s1. The molecule has 0 fully saturated rings. The van der Waals surface area contributed by atoms with E-state index in [1.54, 1.807) is 40.7 Å². The number of nitrogens with two attached hydrogens (primary N) is 1. The normalized spacial score (nSPS) is 12.9. The van der Waals surface area contributed by atoms with Gasteiger partial charge in [0.05, 0.1) is 54.2 Å². The van der Waals surface area contributed by atoms with Crippen LogP contribution in [0.4, 0.5) is 26.5 Å². The van der Waals surface area contributed by atoms with Gasteiger partial charge in [-0.2, -0.15) is 10.2 Å². The van der Waals surface area contributed by atoms with Gasteiger partial charge in [-0.1, -0.05) is 0 Å². The smallest absolute Gasteiger partial charge is 0.407 e. The number of aryl methyl sites for hydroxylation is 1. The van der Waals surface area contributed by atoms with Crippen LogP contribution in [-0.4, -0.2) is 67.9 Å². The Morgan fingerprint density at radius 3 is 2.49 bits per heavy atom. The second-order valence-electron chi connectivity index (χ2n) is 9.70. The van der Waals surface area contributed by atoms with E-state index in [4.69, 9.17) is 15.2 Å². The van der Waals surface area contributed by atoms with Gasteiger partial charge in [-0.25, -0.2) is 14.2 Å². The molecule has 3 rings (SSSR count). The molecule has 0 aromatic carbocycles. The summed E-state index contributed by atoms with van der Waals surface area (Å²) in [6.07, 6.45) is 3.95. The van der Waals surface area contributed by atoms with Crippen LogP contribution in [0.25, 0.3) is 5.69 Å². The molecule has 0 radical (unpaired) electrons. The fourth-order valence-electron chi connectivity index (χ4n) is 3.47. The molecule has 3 heterocycles. The molecule has 14 heteroatoms. The van der Waals surface area contributed by atoms with Crippen molar-refractivity contribution in [1.82, 2.24) is 30.3 Å². The molecule has 0 saturated heterocycles. The number of hydrogen-bond donors (Lipinski definition) is 4. The monoisotopic (exact) mass is 543 g/mol. The van der Waals surface area contributed by atoms with Gasteiger partial charge >= 0.3 is 6.09 Å². The lowest BCUT2D eigenvalue weighted by Gasteiger charge is -2.28. The highest BCUT2D eigenvalue weighted by molar-refractivity contribution is 5.98. The fraction of sp³-hybridized carbons (Fsp3) is 0.440. The van der Waals surface area contributed by atoms with Gasteiger partial charge in [0.1, 0.15) is 17.1 Å². The first-order valence-corrected chi connectivity index (χ1v) is 12.3. The number of nitrogens with one attached hydrogen (secondary N) is 3. The van der Waals surface area contributed by atoms with Crippen LogP contribution in [0.3, 0.4) is 0 Å². The predicted molar refractivity (Wildman–Crippen MR) is 143 cm³/mol. The number of carbonyl (C=O) groups excluding carboxylic acids is 2. The van der Waals surface area contributed by atoms with Crippen molar-refractivity contribution in [2.75, 3.05) is 23.8 Å². The predicted octanol–water partition coefficient (Wildman–Crippen LogP) is 3.08. The van der Waals surface area contributed by atoms with E-state index in [2.05, 4.69) is 36.1 Å². The summed E-state index contributed by atoms with van der Waals surface area (Å²) in [6, 6.07) is 1.53. The Labute approximate surface area is 225 Å². The maximum absolute atomic E-state index is 15.1. The lowest BCUT2D eigenvalue weighted by molar-refractivity contribution is 0.0487. The van der Waals surface area contributed by atoms with E-state index in [1.807, 2.05) is 6.92 Å². The van der Waals surface area contributed by atoms with Crippen molar-refractivity contribution in [2.45, 2.75) is 59.2 Å². The highest BCUT2D eigenvalue weighted by atomic mass is 19.1. The molecule has 0 aliphatic carbocycles. The second-order valence-corrected chi connectivity index (χ2v) is 9.70. The second kappa shape index (κ2) is 12.5. The maximum atomic E-state index is 15.1. The van der Waals surface area contributed by atoms with Gasteiger partial charge in [-0.3, -0.25) is 9.78 Å². The van der Waals surface area contributed by atoms with Gasteiger partial charge in [-0.05, 0) is 53.7 Å². The molecule has 0 aliphatic heterocycles. The van der Waals surface area contributed by atoms with E-state index < -0.39 is 35.5 Å². The first-order valence-electron chi connectivity index (χ1n) is 12.3. The van der Waals surface area contributed by atoms with Gasteiger partial charge < -0.3 is 31.2 Å². The number of carbonyl (C=O) groups is 2. The number of nitrogens with zero attached hydrogens (tertiary/aromatic N) is 5. The van der Waals surface area contributed by atoms with E-state index in [0.717, 1.165) is 6.07 Å². The summed E-state index contributed by atoms with van der Waals surface area (Å²) in [5.41, 5.74) is 6.34. The molecule has 0 unspecified atom stereocenters. The van der Waals surface area contributed by atoms with Crippen LogP contribution in [0.15, 0.2) is 30.7 Å². The molecule has 3 aromatic rings. The van der Waals surface area contributed by atoms with Crippen LogP contribution in [-0.2, 0) is 9.47 Å². The van der Waals surface area contributed by atoms with Crippen molar-refractivity contribution in [2.24, 2.45) is 5.73 Å². The van der Waals surface area contributed by atoms with E-state index >= 15 is 4.39 Å². The van der Waals surface area contributed by atoms with E-state index in [0.29, 0.717) is 23.7 Å². The van der Waals surface area contributed by atoms with Crippen molar-refractivity contribution in [3.63, 3.8) is 0 Å². The lowest BCUT2D eigenvalue weighted by atomic mass is 10.1. The zero-order valence-corrected chi connectivity index (χ0v) is 22.8. The molecule has 0 spiro atoms. The van der Waals surface area contributed by atoms with Gasteiger partial charge in [0.25, 0.3) is 5.91 Å². The van der Waals surface area contributed by atoms with Gasteiger partial charge in [0, 0.05) is 6.61 Å².